The summed E-state index contributed by atoms with van der Waals surface area (Å²) in [7, 11) is 0. The van der Waals surface area contributed by atoms with Gasteiger partial charge in [-0.05, 0) is 20.3 Å². The molecule has 1 saturated carbocycles. The molecule has 0 spiro atoms. The molecular weight excluding hydrogens is 268 g/mol. The topological polar surface area (TPSA) is 52.6 Å². The Morgan fingerprint density at radius 1 is 1.58 bits per heavy atom. The van der Waals surface area contributed by atoms with Crippen molar-refractivity contribution in [1.29, 1.82) is 0 Å². The molecule has 3 aliphatic carbocycles. The number of esters is 2. The van der Waals surface area contributed by atoms with Gasteiger partial charge in [0.15, 0.2) is 6.10 Å². The molecule has 4 nitrogen and oxygen atoms in total. The summed E-state index contributed by atoms with van der Waals surface area (Å²) >= 11 is 6.52. The molecule has 4 aliphatic rings. The van der Waals surface area contributed by atoms with Crippen LogP contribution >= 0.6 is 11.6 Å². The Hall–Kier alpha value is -1.29. The van der Waals surface area contributed by atoms with Crippen LogP contribution in [0.1, 0.15) is 20.3 Å². The van der Waals surface area contributed by atoms with Gasteiger partial charge in [0.05, 0.1) is 5.92 Å². The molecule has 1 aliphatic heterocycles. The maximum absolute atomic E-state index is 11.8. The molecule has 0 unspecified atom stereocenters. The highest BCUT2D eigenvalue weighted by molar-refractivity contribution is 6.26. The summed E-state index contributed by atoms with van der Waals surface area (Å²) in [4.78, 5) is 22.7. The molecule has 2 fully saturated rings. The summed E-state index contributed by atoms with van der Waals surface area (Å²) in [6, 6.07) is 0. The number of hydrogen-bond acceptors (Lipinski definition) is 4. The van der Waals surface area contributed by atoms with Crippen LogP contribution in [0.15, 0.2) is 23.8 Å². The SMILES string of the molecule is CC(C)=CC(=O)O[C@H]1[C@H]2OC(=O)[C@@H]3C[C@@]1(Cl)C=C[C@@H]23. The van der Waals surface area contributed by atoms with E-state index in [1.807, 2.05) is 26.0 Å². The minimum absolute atomic E-state index is 0.0161. The summed E-state index contributed by atoms with van der Waals surface area (Å²) in [6.45, 7) is 3.63. The third-order valence-corrected chi connectivity index (χ3v) is 4.44. The van der Waals surface area contributed by atoms with E-state index in [1.165, 1.54) is 6.08 Å². The Morgan fingerprint density at radius 2 is 2.32 bits per heavy atom. The third-order valence-electron chi connectivity index (χ3n) is 3.95. The number of carbonyl (C=O) groups is 2. The van der Waals surface area contributed by atoms with Crippen LogP contribution in [-0.4, -0.2) is 29.0 Å². The average Bonchev–Trinajstić information content (AvgIpc) is 2.57. The van der Waals surface area contributed by atoms with Crippen LogP contribution in [-0.2, 0) is 19.1 Å². The van der Waals surface area contributed by atoms with E-state index in [1.54, 1.807) is 0 Å². The summed E-state index contributed by atoms with van der Waals surface area (Å²) in [6.07, 6.45) is 4.60. The van der Waals surface area contributed by atoms with Gasteiger partial charge in [-0.1, -0.05) is 17.7 Å². The molecule has 19 heavy (non-hydrogen) atoms. The van der Waals surface area contributed by atoms with Crippen molar-refractivity contribution in [2.24, 2.45) is 11.8 Å². The van der Waals surface area contributed by atoms with Gasteiger partial charge in [-0.3, -0.25) is 4.79 Å². The van der Waals surface area contributed by atoms with Gasteiger partial charge in [-0.2, -0.15) is 0 Å². The second-order valence-electron chi connectivity index (χ2n) is 5.65. The molecule has 0 aromatic heterocycles. The Kier molecular flexibility index (Phi) is 2.75. The minimum Gasteiger partial charge on any atom is -0.457 e. The number of ether oxygens (including phenoxy) is 2. The zero-order chi connectivity index (χ0) is 13.8. The Morgan fingerprint density at radius 3 is 3.00 bits per heavy atom. The predicted molar refractivity (Wildman–Crippen MR) is 68.5 cm³/mol. The number of rotatable bonds is 2. The molecule has 5 atom stereocenters. The monoisotopic (exact) mass is 282 g/mol. The Balaban J connectivity index is 1.87. The second kappa shape index (κ2) is 4.10. The fraction of sp³-hybridized carbons (Fsp3) is 0.571. The Bertz CT molecular complexity index is 506. The van der Waals surface area contributed by atoms with E-state index in [0.717, 1.165) is 5.57 Å². The van der Waals surface area contributed by atoms with E-state index in [4.69, 9.17) is 21.1 Å². The molecule has 5 heteroatoms. The molecule has 0 aromatic carbocycles. The minimum atomic E-state index is -0.818. The zero-order valence-electron chi connectivity index (χ0n) is 10.8. The van der Waals surface area contributed by atoms with E-state index < -0.39 is 23.1 Å². The van der Waals surface area contributed by atoms with Crippen molar-refractivity contribution in [3.05, 3.63) is 23.8 Å². The lowest BCUT2D eigenvalue weighted by molar-refractivity contribution is -0.159. The van der Waals surface area contributed by atoms with Gasteiger partial charge in [0.2, 0.25) is 0 Å². The van der Waals surface area contributed by atoms with E-state index in [9.17, 15) is 9.59 Å². The highest BCUT2D eigenvalue weighted by Crippen LogP contribution is 2.53. The first-order valence-electron chi connectivity index (χ1n) is 6.35. The van der Waals surface area contributed by atoms with Crippen LogP contribution in [0.4, 0.5) is 0 Å². The lowest BCUT2D eigenvalue weighted by atomic mass is 9.67. The van der Waals surface area contributed by atoms with Crippen molar-refractivity contribution in [1.82, 2.24) is 0 Å². The van der Waals surface area contributed by atoms with Gasteiger partial charge in [0.25, 0.3) is 0 Å². The van der Waals surface area contributed by atoms with E-state index in [0.29, 0.717) is 6.42 Å². The van der Waals surface area contributed by atoms with E-state index in [-0.39, 0.29) is 17.8 Å². The maximum atomic E-state index is 11.8. The normalized spacial score (nSPS) is 41.9. The van der Waals surface area contributed by atoms with Gasteiger partial charge in [-0.25, -0.2) is 4.79 Å². The number of hydrogen-bond donors (Lipinski definition) is 0. The van der Waals surface area contributed by atoms with Crippen molar-refractivity contribution in [2.75, 3.05) is 0 Å². The van der Waals surface area contributed by atoms with Crippen molar-refractivity contribution in [2.45, 2.75) is 37.4 Å². The second-order valence-corrected chi connectivity index (χ2v) is 6.36. The smallest absolute Gasteiger partial charge is 0.331 e. The zero-order valence-corrected chi connectivity index (χ0v) is 11.5. The first-order valence-corrected chi connectivity index (χ1v) is 6.73. The Labute approximate surface area is 116 Å². The van der Waals surface area contributed by atoms with Crippen molar-refractivity contribution >= 4 is 23.5 Å². The molecule has 4 rings (SSSR count). The molecule has 4 bridgehead atoms. The van der Waals surface area contributed by atoms with Gasteiger partial charge in [0, 0.05) is 12.0 Å². The summed E-state index contributed by atoms with van der Waals surface area (Å²) in [5.74, 6) is -0.876. The standard InChI is InChI=1S/C14H15ClO4/c1-7(2)5-10(16)18-12-11-8-3-4-14(12,15)6-9(8)13(17)19-11/h3-5,8-9,11-12H,6H2,1-2H3/t8-,9-,11+,12+,14+/m1/s1. The predicted octanol–water partition coefficient (Wildman–Crippen LogP) is 1.97. The maximum Gasteiger partial charge on any atom is 0.331 e. The lowest BCUT2D eigenvalue weighted by Gasteiger charge is -2.45. The number of carbonyl (C=O) groups excluding carboxylic acids is 2. The molecule has 0 amide bonds. The molecular formula is C14H15ClO4. The lowest BCUT2D eigenvalue weighted by Crippen LogP contribution is -2.56. The fourth-order valence-electron chi connectivity index (χ4n) is 3.13. The first-order chi connectivity index (χ1) is 8.90. The van der Waals surface area contributed by atoms with Crippen LogP contribution in [0, 0.1) is 11.8 Å². The largest absolute Gasteiger partial charge is 0.457 e. The first kappa shape index (κ1) is 12.7. The quantitative estimate of drug-likeness (QED) is 0.336. The molecule has 1 heterocycles. The summed E-state index contributed by atoms with van der Waals surface area (Å²) in [5, 5.41) is 0. The fourth-order valence-corrected chi connectivity index (χ4v) is 3.54. The average molecular weight is 283 g/mol. The van der Waals surface area contributed by atoms with Crippen LogP contribution in [0.25, 0.3) is 0 Å². The number of alkyl halides is 1. The molecule has 0 aromatic rings. The van der Waals surface area contributed by atoms with Crippen LogP contribution in [0.2, 0.25) is 0 Å². The van der Waals surface area contributed by atoms with Gasteiger partial charge in [0.1, 0.15) is 11.0 Å². The van der Waals surface area contributed by atoms with E-state index >= 15 is 0 Å². The van der Waals surface area contributed by atoms with Crippen LogP contribution in [0.5, 0.6) is 0 Å². The van der Waals surface area contributed by atoms with E-state index in [2.05, 4.69) is 0 Å². The number of allylic oxidation sites excluding steroid dienone is 1. The third kappa shape index (κ3) is 1.89. The van der Waals surface area contributed by atoms with Crippen LogP contribution < -0.4 is 0 Å². The molecule has 0 N–H and O–H groups in total. The van der Waals surface area contributed by atoms with Crippen molar-refractivity contribution in [3.8, 4) is 0 Å². The van der Waals surface area contributed by atoms with Crippen molar-refractivity contribution in [3.63, 3.8) is 0 Å². The van der Waals surface area contributed by atoms with Crippen LogP contribution in [0.3, 0.4) is 0 Å². The summed E-state index contributed by atoms with van der Waals surface area (Å²) < 4.78 is 10.8. The molecule has 1 saturated heterocycles. The van der Waals surface area contributed by atoms with Gasteiger partial charge >= 0.3 is 11.9 Å². The molecule has 0 radical (unpaired) electrons. The number of halogens is 1. The summed E-state index contributed by atoms with van der Waals surface area (Å²) in [5.41, 5.74) is 0.853. The highest BCUT2D eigenvalue weighted by atomic mass is 35.5. The molecule has 102 valence electrons. The highest BCUT2D eigenvalue weighted by Gasteiger charge is 2.63. The van der Waals surface area contributed by atoms with Gasteiger partial charge in [-0.15, -0.1) is 11.6 Å². The van der Waals surface area contributed by atoms with Gasteiger partial charge < -0.3 is 9.47 Å². The van der Waals surface area contributed by atoms with Crippen molar-refractivity contribution < 1.29 is 19.1 Å².